The highest BCUT2D eigenvalue weighted by molar-refractivity contribution is 5.91. The third-order valence-corrected chi connectivity index (χ3v) is 1.69. The molecule has 0 aliphatic carbocycles. The van der Waals surface area contributed by atoms with Gasteiger partial charge in [0.2, 0.25) is 0 Å². The van der Waals surface area contributed by atoms with E-state index in [1.807, 2.05) is 0 Å². The Hall–Kier alpha value is -3.96. The summed E-state index contributed by atoms with van der Waals surface area (Å²) in [6.07, 6.45) is 4.65. The average Bonchev–Trinajstić information content (AvgIpc) is 2.62. The number of rotatable bonds is 6. The maximum atomic E-state index is 10.3. The van der Waals surface area contributed by atoms with Gasteiger partial charge in [-0.3, -0.25) is 0 Å². The monoisotopic (exact) mass is 390 g/mol. The van der Waals surface area contributed by atoms with Crippen LogP contribution in [0.2, 0.25) is 0 Å². The highest BCUT2D eigenvalue weighted by Gasteiger charge is 1.94. The molecule has 0 aromatic rings. The fourth-order valence-electron chi connectivity index (χ4n) is 0.622. The molecule has 0 radical (unpaired) electrons. The molecule has 0 aromatic carbocycles. The van der Waals surface area contributed by atoms with Crippen LogP contribution >= 0.6 is 0 Å². The summed E-state index contributed by atoms with van der Waals surface area (Å²) in [5.74, 6) is -5.51. The van der Waals surface area contributed by atoms with Gasteiger partial charge >= 0.3 is 35.8 Å². The molecule has 0 atom stereocenters. The first-order valence-electron chi connectivity index (χ1n) is 6.46. The van der Waals surface area contributed by atoms with Crippen LogP contribution < -0.4 is 0 Å². The first kappa shape index (κ1) is 27.9. The third kappa shape index (κ3) is 30.5. The van der Waals surface area contributed by atoms with Gasteiger partial charge in [-0.05, 0) is 0 Å². The van der Waals surface area contributed by atoms with Crippen molar-refractivity contribution in [2.24, 2.45) is 0 Å². The van der Waals surface area contributed by atoms with Crippen LogP contribution in [0.5, 0.6) is 0 Å². The number of methoxy groups -OCH3 is 3. The van der Waals surface area contributed by atoms with Crippen LogP contribution in [0.1, 0.15) is 0 Å². The maximum absolute atomic E-state index is 10.3. The van der Waals surface area contributed by atoms with Gasteiger partial charge in [0.05, 0.1) is 21.3 Å². The fraction of sp³-hybridized carbons (Fsp3) is 0.200. The molecule has 12 heteroatoms. The lowest BCUT2D eigenvalue weighted by atomic mass is 10.5. The van der Waals surface area contributed by atoms with Crippen molar-refractivity contribution in [1.29, 1.82) is 0 Å². The molecule has 0 amide bonds. The molecular weight excluding hydrogens is 372 g/mol. The van der Waals surface area contributed by atoms with Crippen molar-refractivity contribution in [1.82, 2.24) is 0 Å². The van der Waals surface area contributed by atoms with E-state index in [9.17, 15) is 28.8 Å². The SMILES string of the molecule is COC(=O)/C=C\C(=O)O.COC(=O)/C=C\C(=O)OC.O=C(O)/C=C\C(=O)O. The topological polar surface area (TPSA) is 191 Å². The minimum absolute atomic E-state index is 0.558. The van der Waals surface area contributed by atoms with E-state index < -0.39 is 35.8 Å². The Morgan fingerprint density at radius 2 is 0.667 bits per heavy atom. The molecule has 0 aliphatic heterocycles. The largest absolute Gasteiger partial charge is 0.478 e. The van der Waals surface area contributed by atoms with Crippen molar-refractivity contribution >= 4 is 35.8 Å². The number of carbonyl (C=O) groups excluding carboxylic acids is 3. The van der Waals surface area contributed by atoms with Crippen molar-refractivity contribution in [3.05, 3.63) is 36.5 Å². The van der Waals surface area contributed by atoms with E-state index in [4.69, 9.17) is 15.3 Å². The Bertz CT molecular complexity index is 578. The van der Waals surface area contributed by atoms with E-state index in [0.717, 1.165) is 18.2 Å². The summed E-state index contributed by atoms with van der Waals surface area (Å²) in [6.45, 7) is 0. The second-order valence-electron chi connectivity index (χ2n) is 3.58. The Morgan fingerprint density at radius 1 is 0.481 bits per heavy atom. The first-order chi connectivity index (χ1) is 12.5. The lowest BCUT2D eigenvalue weighted by molar-refractivity contribution is -0.137. The Labute approximate surface area is 152 Å². The first-order valence-corrected chi connectivity index (χ1v) is 6.46. The van der Waals surface area contributed by atoms with Gasteiger partial charge in [0.15, 0.2) is 0 Å². The van der Waals surface area contributed by atoms with Crippen LogP contribution in [-0.2, 0) is 43.0 Å². The van der Waals surface area contributed by atoms with Gasteiger partial charge in [-0.1, -0.05) is 0 Å². The number of ether oxygens (including phenoxy) is 3. The molecule has 0 saturated carbocycles. The van der Waals surface area contributed by atoms with Gasteiger partial charge in [-0.2, -0.15) is 0 Å². The van der Waals surface area contributed by atoms with E-state index in [0.29, 0.717) is 18.2 Å². The molecule has 3 N–H and O–H groups in total. The normalized spacial score (nSPS) is 9.44. The lowest BCUT2D eigenvalue weighted by Crippen LogP contribution is -1.98. The molecular formula is C15H18O12. The number of hydrogen-bond donors (Lipinski definition) is 3. The zero-order valence-corrected chi connectivity index (χ0v) is 14.5. The molecule has 0 heterocycles. The molecule has 0 fully saturated rings. The van der Waals surface area contributed by atoms with Crippen molar-refractivity contribution in [2.45, 2.75) is 0 Å². The highest BCUT2D eigenvalue weighted by atomic mass is 16.5. The van der Waals surface area contributed by atoms with Crippen LogP contribution in [0.3, 0.4) is 0 Å². The minimum Gasteiger partial charge on any atom is -0.478 e. The zero-order valence-electron chi connectivity index (χ0n) is 14.5. The van der Waals surface area contributed by atoms with Gasteiger partial charge in [-0.15, -0.1) is 0 Å². The number of carbonyl (C=O) groups is 6. The molecule has 12 nitrogen and oxygen atoms in total. The fourth-order valence-corrected chi connectivity index (χ4v) is 0.622. The third-order valence-electron chi connectivity index (χ3n) is 1.69. The van der Waals surface area contributed by atoms with E-state index in [2.05, 4.69) is 14.2 Å². The van der Waals surface area contributed by atoms with Gasteiger partial charge in [0.25, 0.3) is 0 Å². The quantitative estimate of drug-likeness (QED) is 0.297. The molecule has 0 aromatic heterocycles. The molecule has 150 valence electrons. The Morgan fingerprint density at radius 3 is 0.852 bits per heavy atom. The lowest BCUT2D eigenvalue weighted by Gasteiger charge is -1.89. The van der Waals surface area contributed by atoms with Gasteiger partial charge in [0, 0.05) is 36.5 Å². The number of carboxylic acids is 3. The van der Waals surface area contributed by atoms with Gasteiger partial charge in [-0.25, -0.2) is 28.8 Å². The van der Waals surface area contributed by atoms with E-state index in [1.54, 1.807) is 0 Å². The van der Waals surface area contributed by atoms with Crippen molar-refractivity contribution in [3.8, 4) is 0 Å². The molecule has 0 rings (SSSR count). The Balaban J connectivity index is -0.000000322. The van der Waals surface area contributed by atoms with Crippen molar-refractivity contribution in [2.75, 3.05) is 21.3 Å². The van der Waals surface area contributed by atoms with E-state index >= 15 is 0 Å². The number of esters is 3. The van der Waals surface area contributed by atoms with Crippen LogP contribution in [0.4, 0.5) is 0 Å². The number of carboxylic acid groups (broad SMARTS) is 3. The molecule has 27 heavy (non-hydrogen) atoms. The number of aliphatic carboxylic acids is 3. The molecule has 0 spiro atoms. The van der Waals surface area contributed by atoms with E-state index in [1.165, 1.54) is 21.3 Å². The standard InChI is InChI=1S/C6H8O4.C5H6O4.C4H4O4/c1-9-5(7)3-4-6(8)10-2;1-9-5(8)3-2-4(6)7;5-3(6)1-2-4(7)8/h3-4H,1-2H3;2-3H,1H3,(H,6,7);1-2H,(H,5,6)(H,7,8)/b4-3-;3-2-;2-1-. The summed E-state index contributed by atoms with van der Waals surface area (Å²) >= 11 is 0. The molecule has 0 bridgehead atoms. The second kappa shape index (κ2) is 18.4. The summed E-state index contributed by atoms with van der Waals surface area (Å²) in [7, 11) is 3.63. The minimum atomic E-state index is -1.26. The summed E-state index contributed by atoms with van der Waals surface area (Å²) in [5, 5.41) is 23.6. The predicted octanol–water partition coefficient (Wildman–Crippen LogP) is -0.599. The summed E-state index contributed by atoms with van der Waals surface area (Å²) in [6, 6.07) is 0. The molecule has 0 aliphatic rings. The maximum Gasteiger partial charge on any atom is 0.330 e. The number of hydrogen-bond acceptors (Lipinski definition) is 9. The van der Waals surface area contributed by atoms with E-state index in [-0.39, 0.29) is 0 Å². The van der Waals surface area contributed by atoms with Gasteiger partial charge < -0.3 is 29.5 Å². The van der Waals surface area contributed by atoms with Crippen molar-refractivity contribution in [3.63, 3.8) is 0 Å². The van der Waals surface area contributed by atoms with Crippen LogP contribution in [-0.4, -0.2) is 72.5 Å². The highest BCUT2D eigenvalue weighted by Crippen LogP contribution is 1.80. The molecule has 0 saturated heterocycles. The second-order valence-corrected chi connectivity index (χ2v) is 3.58. The van der Waals surface area contributed by atoms with Crippen LogP contribution in [0, 0.1) is 0 Å². The predicted molar refractivity (Wildman–Crippen MR) is 86.4 cm³/mol. The summed E-state index contributed by atoms with van der Waals surface area (Å²) in [4.78, 5) is 59.6. The summed E-state index contributed by atoms with van der Waals surface area (Å²) in [5.41, 5.74) is 0. The average molecular weight is 390 g/mol. The smallest absolute Gasteiger partial charge is 0.330 e. The summed E-state index contributed by atoms with van der Waals surface area (Å²) < 4.78 is 12.5. The Kier molecular flexibility index (Phi) is 19.0. The van der Waals surface area contributed by atoms with Crippen LogP contribution in [0.25, 0.3) is 0 Å². The zero-order chi connectivity index (χ0) is 21.8. The molecule has 0 unspecified atom stereocenters. The van der Waals surface area contributed by atoms with Gasteiger partial charge in [0.1, 0.15) is 0 Å². The van der Waals surface area contributed by atoms with Crippen LogP contribution in [0.15, 0.2) is 36.5 Å². The van der Waals surface area contributed by atoms with Crippen molar-refractivity contribution < 1.29 is 58.3 Å².